The van der Waals surface area contributed by atoms with Crippen LogP contribution in [0.15, 0.2) is 54.6 Å². The van der Waals surface area contributed by atoms with Crippen LogP contribution in [0.5, 0.6) is 5.88 Å². The fraction of sp³-hybridized carbons (Fsp3) is 0.111. The summed E-state index contributed by atoms with van der Waals surface area (Å²) in [7, 11) is 0. The van der Waals surface area contributed by atoms with Gasteiger partial charge in [-0.15, -0.1) is 5.10 Å². The lowest BCUT2D eigenvalue weighted by Crippen LogP contribution is -2.05. The molecule has 2 heterocycles. The Hall–Kier alpha value is -3.29. The van der Waals surface area contributed by atoms with Crippen molar-refractivity contribution >= 4 is 11.0 Å². The molecule has 0 saturated carbocycles. The number of nitrogens with zero attached hydrogens (tertiary/aromatic N) is 2. The molecule has 26 heavy (non-hydrogen) atoms. The van der Waals surface area contributed by atoms with Crippen molar-refractivity contribution in [3.63, 3.8) is 0 Å². The third-order valence-electron chi connectivity index (χ3n) is 3.87. The molecule has 0 aliphatic rings. The summed E-state index contributed by atoms with van der Waals surface area (Å²) >= 11 is 0. The molecular weight excluding hydrogens is 345 g/mol. The number of para-hydroxylation sites is 2. The number of nitrogens with one attached hydrogen (secondary N) is 2. The summed E-state index contributed by atoms with van der Waals surface area (Å²) in [5, 5.41) is 6.88. The molecule has 5 nitrogen and oxygen atoms in total. The quantitative estimate of drug-likeness (QED) is 0.562. The molecule has 2 N–H and O–H groups in total. The van der Waals surface area contributed by atoms with E-state index in [0.29, 0.717) is 23.0 Å². The number of aromatic nitrogens is 4. The van der Waals surface area contributed by atoms with Gasteiger partial charge >= 0.3 is 6.18 Å². The van der Waals surface area contributed by atoms with E-state index in [9.17, 15) is 13.2 Å². The maximum atomic E-state index is 12.6. The third kappa shape index (κ3) is 3.26. The normalized spacial score (nSPS) is 11.8. The van der Waals surface area contributed by atoms with E-state index < -0.39 is 11.7 Å². The Morgan fingerprint density at radius 1 is 1.00 bits per heavy atom. The molecule has 2 aromatic carbocycles. The van der Waals surface area contributed by atoms with Crippen LogP contribution in [0.25, 0.3) is 22.6 Å². The van der Waals surface area contributed by atoms with Gasteiger partial charge in [0.25, 0.3) is 0 Å². The Kier molecular flexibility index (Phi) is 3.87. The first-order chi connectivity index (χ1) is 12.5. The summed E-state index contributed by atoms with van der Waals surface area (Å²) in [6.07, 6.45) is -4.34. The number of imidazole rings is 1. The standard InChI is InChI=1S/C18H13F3N4O/c19-18(20,21)12-7-5-11(6-8-12)10-26-16-9-15(24-25-16)17-22-13-3-1-2-4-14(13)23-17/h1-9H,10H2,(H,22,23)(H,24,25). The Morgan fingerprint density at radius 2 is 1.77 bits per heavy atom. The number of aromatic amines is 2. The van der Waals surface area contributed by atoms with Crippen LogP contribution in [-0.2, 0) is 12.8 Å². The van der Waals surface area contributed by atoms with Gasteiger partial charge < -0.3 is 9.72 Å². The number of H-pyrrole nitrogens is 2. The van der Waals surface area contributed by atoms with E-state index in [-0.39, 0.29) is 6.61 Å². The molecule has 0 unspecified atom stereocenters. The van der Waals surface area contributed by atoms with Gasteiger partial charge in [-0.25, -0.2) is 4.98 Å². The first-order valence-electron chi connectivity index (χ1n) is 7.78. The van der Waals surface area contributed by atoms with Crippen LogP contribution in [0.1, 0.15) is 11.1 Å². The van der Waals surface area contributed by atoms with Crippen LogP contribution in [0.2, 0.25) is 0 Å². The largest absolute Gasteiger partial charge is 0.472 e. The Bertz CT molecular complexity index is 1000. The summed E-state index contributed by atoms with van der Waals surface area (Å²) < 4.78 is 43.2. The highest BCUT2D eigenvalue weighted by Crippen LogP contribution is 2.29. The van der Waals surface area contributed by atoms with Crippen LogP contribution in [0, 0.1) is 0 Å². The van der Waals surface area contributed by atoms with E-state index in [4.69, 9.17) is 4.74 Å². The molecule has 0 spiro atoms. The van der Waals surface area contributed by atoms with Gasteiger partial charge in [0.1, 0.15) is 12.3 Å². The van der Waals surface area contributed by atoms with Gasteiger partial charge in [-0.05, 0) is 29.8 Å². The topological polar surface area (TPSA) is 66.6 Å². The first-order valence-corrected chi connectivity index (χ1v) is 7.78. The third-order valence-corrected chi connectivity index (χ3v) is 3.87. The predicted octanol–water partition coefficient (Wildman–Crippen LogP) is 4.55. The molecule has 0 bridgehead atoms. The summed E-state index contributed by atoms with van der Waals surface area (Å²) in [5.74, 6) is 0.962. The number of hydrogen-bond acceptors (Lipinski definition) is 3. The minimum atomic E-state index is -4.34. The smallest absolute Gasteiger partial charge is 0.416 e. The first kappa shape index (κ1) is 16.2. The zero-order valence-corrected chi connectivity index (χ0v) is 13.3. The molecule has 0 aliphatic carbocycles. The lowest BCUT2D eigenvalue weighted by atomic mass is 10.1. The highest BCUT2D eigenvalue weighted by molar-refractivity contribution is 5.78. The lowest BCUT2D eigenvalue weighted by molar-refractivity contribution is -0.137. The molecule has 4 aromatic rings. The number of halogens is 3. The van der Waals surface area contributed by atoms with E-state index in [0.717, 1.165) is 23.2 Å². The molecule has 0 radical (unpaired) electrons. The zero-order valence-electron chi connectivity index (χ0n) is 13.3. The second-order valence-electron chi connectivity index (χ2n) is 5.71. The van der Waals surface area contributed by atoms with Gasteiger partial charge in [0.15, 0.2) is 5.82 Å². The SMILES string of the molecule is FC(F)(F)c1ccc(COc2cc(-c3nc4ccccc4[nH]3)[nH]n2)cc1. The second-order valence-corrected chi connectivity index (χ2v) is 5.71. The van der Waals surface area contributed by atoms with E-state index >= 15 is 0 Å². The molecule has 0 atom stereocenters. The average molecular weight is 358 g/mol. The zero-order chi connectivity index (χ0) is 18.1. The average Bonchev–Trinajstić information content (AvgIpc) is 3.26. The predicted molar refractivity (Wildman–Crippen MR) is 89.5 cm³/mol. The van der Waals surface area contributed by atoms with Crippen LogP contribution in [0.4, 0.5) is 13.2 Å². The van der Waals surface area contributed by atoms with Gasteiger partial charge in [-0.3, -0.25) is 5.10 Å². The lowest BCUT2D eigenvalue weighted by Gasteiger charge is -2.07. The molecule has 0 fully saturated rings. The van der Waals surface area contributed by atoms with Gasteiger partial charge in [0, 0.05) is 6.07 Å². The monoisotopic (exact) mass is 358 g/mol. The summed E-state index contributed by atoms with van der Waals surface area (Å²) in [6.45, 7) is 0.114. The highest BCUT2D eigenvalue weighted by atomic mass is 19.4. The summed E-state index contributed by atoms with van der Waals surface area (Å²) in [4.78, 5) is 7.63. The summed E-state index contributed by atoms with van der Waals surface area (Å²) in [6, 6.07) is 14.1. The highest BCUT2D eigenvalue weighted by Gasteiger charge is 2.29. The Balaban J connectivity index is 1.45. The van der Waals surface area contributed by atoms with Crippen LogP contribution < -0.4 is 4.74 Å². The molecule has 0 amide bonds. The molecular formula is C18H13F3N4O. The van der Waals surface area contributed by atoms with Crippen molar-refractivity contribution in [2.24, 2.45) is 0 Å². The number of benzene rings is 2. The van der Waals surface area contributed by atoms with Crippen LogP contribution in [0.3, 0.4) is 0 Å². The fourth-order valence-corrected chi connectivity index (χ4v) is 2.53. The number of rotatable bonds is 4. The number of hydrogen-bond donors (Lipinski definition) is 2. The minimum Gasteiger partial charge on any atom is -0.472 e. The molecule has 4 rings (SSSR count). The molecule has 8 heteroatoms. The van der Waals surface area contributed by atoms with E-state index in [2.05, 4.69) is 20.2 Å². The maximum absolute atomic E-state index is 12.6. The Morgan fingerprint density at radius 3 is 2.50 bits per heavy atom. The second kappa shape index (κ2) is 6.21. The Labute approximate surface area is 145 Å². The van der Waals surface area contributed by atoms with Gasteiger partial charge in [0.2, 0.25) is 5.88 Å². The summed E-state index contributed by atoms with van der Waals surface area (Å²) in [5.41, 5.74) is 2.33. The van der Waals surface area contributed by atoms with Crippen molar-refractivity contribution in [1.29, 1.82) is 0 Å². The van der Waals surface area contributed by atoms with E-state index in [1.807, 2.05) is 24.3 Å². The van der Waals surface area contributed by atoms with E-state index in [1.54, 1.807) is 6.07 Å². The molecule has 0 saturated heterocycles. The van der Waals surface area contributed by atoms with Crippen molar-refractivity contribution in [3.05, 3.63) is 65.7 Å². The molecule has 0 aliphatic heterocycles. The van der Waals surface area contributed by atoms with Crippen molar-refractivity contribution in [2.45, 2.75) is 12.8 Å². The van der Waals surface area contributed by atoms with Gasteiger partial charge in [-0.2, -0.15) is 13.2 Å². The maximum Gasteiger partial charge on any atom is 0.416 e. The number of fused-ring (bicyclic) bond motifs is 1. The number of ether oxygens (including phenoxy) is 1. The van der Waals surface area contributed by atoms with Crippen molar-refractivity contribution in [2.75, 3.05) is 0 Å². The molecule has 2 aromatic heterocycles. The van der Waals surface area contributed by atoms with Crippen LogP contribution in [-0.4, -0.2) is 20.2 Å². The van der Waals surface area contributed by atoms with Crippen molar-refractivity contribution in [3.8, 4) is 17.4 Å². The van der Waals surface area contributed by atoms with E-state index in [1.165, 1.54) is 12.1 Å². The van der Waals surface area contributed by atoms with Crippen molar-refractivity contribution in [1.82, 2.24) is 20.2 Å². The molecule has 132 valence electrons. The number of alkyl halides is 3. The fourth-order valence-electron chi connectivity index (χ4n) is 2.53. The minimum absolute atomic E-state index is 0.114. The van der Waals surface area contributed by atoms with Crippen LogP contribution >= 0.6 is 0 Å². The van der Waals surface area contributed by atoms with Crippen molar-refractivity contribution < 1.29 is 17.9 Å². The van der Waals surface area contributed by atoms with Gasteiger partial charge in [0.05, 0.1) is 16.6 Å². The van der Waals surface area contributed by atoms with Gasteiger partial charge in [-0.1, -0.05) is 24.3 Å².